The average Bonchev–Trinajstić information content (AvgIpc) is 2.46. The number of nitrogens with zero attached hydrogens (tertiary/aromatic N) is 1. The molecular formula is C15H25ClF3NO. The van der Waals surface area contributed by atoms with Crippen molar-refractivity contribution < 1.29 is 18.0 Å². The predicted molar refractivity (Wildman–Crippen MR) is 78.3 cm³/mol. The van der Waals surface area contributed by atoms with Crippen molar-refractivity contribution in [1.29, 1.82) is 0 Å². The second kappa shape index (κ2) is 8.25. The zero-order valence-corrected chi connectivity index (χ0v) is 13.5. The first kappa shape index (κ1) is 18.6. The highest BCUT2D eigenvalue weighted by Crippen LogP contribution is 2.42. The second-order valence-electron chi connectivity index (χ2n) is 5.73. The lowest BCUT2D eigenvalue weighted by Gasteiger charge is -2.38. The van der Waals surface area contributed by atoms with Crippen LogP contribution in [-0.2, 0) is 4.79 Å². The molecule has 0 spiro atoms. The summed E-state index contributed by atoms with van der Waals surface area (Å²) in [6.07, 6.45) is -1.17. The number of amides is 1. The van der Waals surface area contributed by atoms with Crippen molar-refractivity contribution in [3.8, 4) is 0 Å². The van der Waals surface area contributed by atoms with Crippen LogP contribution in [0.15, 0.2) is 0 Å². The molecule has 1 rings (SSSR count). The van der Waals surface area contributed by atoms with Crippen molar-refractivity contribution in [2.24, 2.45) is 11.8 Å². The van der Waals surface area contributed by atoms with E-state index in [4.69, 9.17) is 11.6 Å². The normalized spacial score (nSPS) is 23.4. The maximum absolute atomic E-state index is 13.2. The first-order chi connectivity index (χ1) is 9.86. The molecule has 124 valence electrons. The standard InChI is InChI=1S/C15H25ClF3NO/c1-3-11(4-2)20(10-9-16)14(21)12-7-5-6-8-13(12)15(17,18)19/h11-13H,3-10H2,1-2H3. The smallest absolute Gasteiger partial charge is 0.338 e. The Morgan fingerprint density at radius 2 is 1.81 bits per heavy atom. The van der Waals surface area contributed by atoms with Gasteiger partial charge in [-0.2, -0.15) is 13.2 Å². The third kappa shape index (κ3) is 4.76. The van der Waals surface area contributed by atoms with Gasteiger partial charge in [-0.1, -0.05) is 26.7 Å². The molecule has 0 aromatic carbocycles. The zero-order valence-electron chi connectivity index (χ0n) is 12.8. The number of hydrogen-bond acceptors (Lipinski definition) is 1. The maximum atomic E-state index is 13.2. The quantitative estimate of drug-likeness (QED) is 0.652. The minimum Gasteiger partial charge on any atom is -0.338 e. The van der Waals surface area contributed by atoms with Crippen LogP contribution < -0.4 is 0 Å². The molecule has 0 aliphatic heterocycles. The van der Waals surface area contributed by atoms with Gasteiger partial charge in [-0.05, 0) is 25.7 Å². The molecule has 1 amide bonds. The Kier molecular flexibility index (Phi) is 7.31. The molecule has 21 heavy (non-hydrogen) atoms. The van der Waals surface area contributed by atoms with E-state index < -0.39 is 18.0 Å². The van der Waals surface area contributed by atoms with Gasteiger partial charge < -0.3 is 4.90 Å². The molecule has 2 atom stereocenters. The van der Waals surface area contributed by atoms with Crippen LogP contribution >= 0.6 is 11.6 Å². The summed E-state index contributed by atoms with van der Waals surface area (Å²) in [4.78, 5) is 14.3. The van der Waals surface area contributed by atoms with E-state index in [0.717, 1.165) is 12.8 Å². The van der Waals surface area contributed by atoms with Crippen molar-refractivity contribution in [2.75, 3.05) is 12.4 Å². The van der Waals surface area contributed by atoms with Crippen LogP contribution in [0.4, 0.5) is 13.2 Å². The van der Waals surface area contributed by atoms with Crippen LogP contribution in [0.1, 0.15) is 52.4 Å². The summed E-state index contributed by atoms with van der Waals surface area (Å²) in [6.45, 7) is 4.23. The molecule has 2 unspecified atom stereocenters. The molecule has 0 aromatic rings. The molecule has 6 heteroatoms. The molecule has 0 radical (unpaired) electrons. The molecule has 0 heterocycles. The minimum absolute atomic E-state index is 0.0212. The van der Waals surface area contributed by atoms with Crippen LogP contribution in [0.3, 0.4) is 0 Å². The van der Waals surface area contributed by atoms with Crippen molar-refractivity contribution in [1.82, 2.24) is 4.90 Å². The fourth-order valence-electron chi connectivity index (χ4n) is 3.32. The van der Waals surface area contributed by atoms with Crippen LogP contribution in [0.25, 0.3) is 0 Å². The van der Waals surface area contributed by atoms with E-state index in [2.05, 4.69) is 0 Å². The summed E-state index contributed by atoms with van der Waals surface area (Å²) < 4.78 is 39.5. The monoisotopic (exact) mass is 327 g/mol. The number of alkyl halides is 4. The average molecular weight is 328 g/mol. The molecule has 0 N–H and O–H groups in total. The van der Waals surface area contributed by atoms with Gasteiger partial charge in [0.1, 0.15) is 0 Å². The van der Waals surface area contributed by atoms with Crippen molar-refractivity contribution in [3.63, 3.8) is 0 Å². The molecule has 0 saturated heterocycles. The first-order valence-corrected chi connectivity index (χ1v) is 8.33. The fourth-order valence-corrected chi connectivity index (χ4v) is 3.51. The van der Waals surface area contributed by atoms with Gasteiger partial charge in [-0.25, -0.2) is 0 Å². The topological polar surface area (TPSA) is 20.3 Å². The highest BCUT2D eigenvalue weighted by Gasteiger charge is 2.49. The van der Waals surface area contributed by atoms with Gasteiger partial charge in [-0.15, -0.1) is 11.6 Å². The van der Waals surface area contributed by atoms with Crippen LogP contribution in [0, 0.1) is 11.8 Å². The molecule has 0 aromatic heterocycles. The molecule has 0 bridgehead atoms. The van der Waals surface area contributed by atoms with Crippen molar-refractivity contribution in [3.05, 3.63) is 0 Å². The van der Waals surface area contributed by atoms with Crippen LogP contribution in [-0.4, -0.2) is 35.4 Å². The Morgan fingerprint density at radius 3 is 2.29 bits per heavy atom. The minimum atomic E-state index is -4.29. The van der Waals surface area contributed by atoms with Gasteiger partial charge in [0.05, 0.1) is 5.92 Å². The number of hydrogen-bond donors (Lipinski definition) is 0. The fraction of sp³-hybridized carbons (Fsp3) is 0.933. The van der Waals surface area contributed by atoms with E-state index in [1.54, 1.807) is 4.90 Å². The summed E-state index contributed by atoms with van der Waals surface area (Å²) in [6, 6.07) is -0.0212. The lowest BCUT2D eigenvalue weighted by Crippen LogP contribution is -2.49. The summed E-state index contributed by atoms with van der Waals surface area (Å²) in [5.74, 6) is -2.52. The Morgan fingerprint density at radius 1 is 1.24 bits per heavy atom. The van der Waals surface area contributed by atoms with E-state index in [9.17, 15) is 18.0 Å². The summed E-state index contributed by atoms with van der Waals surface area (Å²) in [5.41, 5.74) is 0. The van der Waals surface area contributed by atoms with E-state index in [1.807, 2.05) is 13.8 Å². The lowest BCUT2D eigenvalue weighted by atomic mass is 9.77. The van der Waals surface area contributed by atoms with Crippen molar-refractivity contribution >= 4 is 17.5 Å². The number of carbonyl (C=O) groups excluding carboxylic acids is 1. The van der Waals surface area contributed by atoms with Crippen LogP contribution in [0.2, 0.25) is 0 Å². The Labute approximate surface area is 130 Å². The molecule has 1 fully saturated rings. The zero-order chi connectivity index (χ0) is 16.0. The van der Waals surface area contributed by atoms with E-state index >= 15 is 0 Å². The van der Waals surface area contributed by atoms with E-state index in [0.29, 0.717) is 25.8 Å². The SMILES string of the molecule is CCC(CC)N(CCCl)C(=O)C1CCCCC1C(F)(F)F. The summed E-state index contributed by atoms with van der Waals surface area (Å²) in [7, 11) is 0. The number of halogens is 4. The largest absolute Gasteiger partial charge is 0.392 e. The van der Waals surface area contributed by atoms with Crippen LogP contribution in [0.5, 0.6) is 0 Å². The summed E-state index contributed by atoms with van der Waals surface area (Å²) in [5, 5.41) is 0. The number of rotatable bonds is 6. The second-order valence-corrected chi connectivity index (χ2v) is 6.11. The lowest BCUT2D eigenvalue weighted by molar-refractivity contribution is -0.201. The molecule has 2 nitrogen and oxygen atoms in total. The molecule has 1 saturated carbocycles. The Bertz CT molecular complexity index is 331. The van der Waals surface area contributed by atoms with Gasteiger partial charge in [0, 0.05) is 24.4 Å². The van der Waals surface area contributed by atoms with Gasteiger partial charge in [0.2, 0.25) is 5.91 Å². The van der Waals surface area contributed by atoms with Crippen molar-refractivity contribution in [2.45, 2.75) is 64.6 Å². The molecule has 1 aliphatic carbocycles. The third-order valence-corrected chi connectivity index (χ3v) is 4.66. The van der Waals surface area contributed by atoms with Gasteiger partial charge in [0.15, 0.2) is 0 Å². The highest BCUT2D eigenvalue weighted by atomic mass is 35.5. The van der Waals surface area contributed by atoms with E-state index in [1.165, 1.54) is 0 Å². The maximum Gasteiger partial charge on any atom is 0.392 e. The number of carbonyl (C=O) groups is 1. The highest BCUT2D eigenvalue weighted by molar-refractivity contribution is 6.18. The summed E-state index contributed by atoms with van der Waals surface area (Å²) >= 11 is 5.75. The third-order valence-electron chi connectivity index (χ3n) is 4.50. The van der Waals surface area contributed by atoms with Gasteiger partial charge in [0.25, 0.3) is 0 Å². The van der Waals surface area contributed by atoms with Gasteiger partial charge in [-0.3, -0.25) is 4.79 Å². The molecule has 1 aliphatic rings. The van der Waals surface area contributed by atoms with E-state index in [-0.39, 0.29) is 24.2 Å². The Hall–Kier alpha value is -0.450. The predicted octanol–water partition coefficient (Wildman–Crippen LogP) is 4.61. The molecular weight excluding hydrogens is 303 g/mol. The first-order valence-electron chi connectivity index (χ1n) is 7.79. The van der Waals surface area contributed by atoms with Gasteiger partial charge >= 0.3 is 6.18 Å². The Balaban J connectivity index is 2.94.